The van der Waals surface area contributed by atoms with E-state index in [-0.39, 0.29) is 23.9 Å². The SMILES string of the molecule is N[C@@H]1CC[C@H](C(=O)N2CCC[C@H]2c2ccc3c(c2)OCCO3)C1. The van der Waals surface area contributed by atoms with E-state index in [9.17, 15) is 4.79 Å². The molecule has 2 aliphatic heterocycles. The van der Waals surface area contributed by atoms with Crippen LogP contribution in [0.5, 0.6) is 11.5 Å². The number of nitrogens with zero attached hydrogens (tertiary/aromatic N) is 1. The van der Waals surface area contributed by atoms with Crippen molar-refractivity contribution in [2.24, 2.45) is 11.7 Å². The van der Waals surface area contributed by atoms with Gasteiger partial charge in [-0.2, -0.15) is 0 Å². The normalized spacial score (nSPS) is 29.8. The van der Waals surface area contributed by atoms with Crippen molar-refractivity contribution in [1.29, 1.82) is 0 Å². The molecule has 0 aromatic heterocycles. The number of hydrogen-bond donors (Lipinski definition) is 1. The molecule has 0 radical (unpaired) electrons. The summed E-state index contributed by atoms with van der Waals surface area (Å²) in [7, 11) is 0. The van der Waals surface area contributed by atoms with E-state index in [1.54, 1.807) is 0 Å². The highest BCUT2D eigenvalue weighted by atomic mass is 16.6. The quantitative estimate of drug-likeness (QED) is 0.909. The molecular weight excluding hydrogens is 292 g/mol. The zero-order valence-corrected chi connectivity index (χ0v) is 13.4. The van der Waals surface area contributed by atoms with E-state index in [1.807, 2.05) is 12.1 Å². The lowest BCUT2D eigenvalue weighted by Gasteiger charge is -2.29. The Labute approximate surface area is 136 Å². The van der Waals surface area contributed by atoms with Gasteiger partial charge in [0.15, 0.2) is 11.5 Å². The zero-order chi connectivity index (χ0) is 15.8. The van der Waals surface area contributed by atoms with Gasteiger partial charge in [0.2, 0.25) is 5.91 Å². The largest absolute Gasteiger partial charge is 0.486 e. The predicted molar refractivity (Wildman–Crippen MR) is 86.4 cm³/mol. The van der Waals surface area contributed by atoms with Crippen LogP contribution in [0.15, 0.2) is 18.2 Å². The van der Waals surface area contributed by atoms with Crippen molar-refractivity contribution in [2.75, 3.05) is 19.8 Å². The van der Waals surface area contributed by atoms with E-state index in [0.29, 0.717) is 13.2 Å². The van der Waals surface area contributed by atoms with Crippen LogP contribution in [-0.2, 0) is 4.79 Å². The molecule has 5 nitrogen and oxygen atoms in total. The van der Waals surface area contributed by atoms with Crippen molar-refractivity contribution in [3.05, 3.63) is 23.8 Å². The van der Waals surface area contributed by atoms with Crippen LogP contribution in [0.2, 0.25) is 0 Å². The number of benzene rings is 1. The molecular formula is C18H24N2O3. The number of hydrogen-bond acceptors (Lipinski definition) is 4. The predicted octanol–water partition coefficient (Wildman–Crippen LogP) is 2.25. The summed E-state index contributed by atoms with van der Waals surface area (Å²) < 4.78 is 11.3. The number of likely N-dealkylation sites (tertiary alicyclic amines) is 1. The maximum atomic E-state index is 12.9. The third-order valence-corrected chi connectivity index (χ3v) is 5.31. The number of fused-ring (bicyclic) bond motifs is 1. The molecule has 2 N–H and O–H groups in total. The van der Waals surface area contributed by atoms with Crippen molar-refractivity contribution in [3.63, 3.8) is 0 Å². The smallest absolute Gasteiger partial charge is 0.226 e. The zero-order valence-electron chi connectivity index (χ0n) is 13.4. The molecule has 1 aromatic rings. The highest BCUT2D eigenvalue weighted by Crippen LogP contribution is 2.39. The molecule has 1 aliphatic carbocycles. The highest BCUT2D eigenvalue weighted by Gasteiger charge is 2.37. The Balaban J connectivity index is 1.54. The van der Waals surface area contributed by atoms with E-state index in [1.165, 1.54) is 0 Å². The van der Waals surface area contributed by atoms with Crippen molar-refractivity contribution in [2.45, 2.75) is 44.2 Å². The fourth-order valence-electron chi connectivity index (χ4n) is 4.12. The van der Waals surface area contributed by atoms with Crippen LogP contribution in [0.4, 0.5) is 0 Å². The van der Waals surface area contributed by atoms with Gasteiger partial charge in [0.25, 0.3) is 0 Å². The van der Waals surface area contributed by atoms with Gasteiger partial charge in [0.05, 0.1) is 6.04 Å². The van der Waals surface area contributed by atoms with E-state index < -0.39 is 0 Å². The second-order valence-electron chi connectivity index (χ2n) is 6.86. The molecule has 2 fully saturated rings. The van der Waals surface area contributed by atoms with Gasteiger partial charge in [-0.25, -0.2) is 0 Å². The summed E-state index contributed by atoms with van der Waals surface area (Å²) in [6, 6.07) is 6.44. The third-order valence-electron chi connectivity index (χ3n) is 5.31. The van der Waals surface area contributed by atoms with Crippen LogP contribution in [0.25, 0.3) is 0 Å². The van der Waals surface area contributed by atoms with Crippen LogP contribution >= 0.6 is 0 Å². The van der Waals surface area contributed by atoms with Crippen molar-refractivity contribution >= 4 is 5.91 Å². The third kappa shape index (κ3) is 2.78. The number of amides is 1. The fraction of sp³-hybridized carbons (Fsp3) is 0.611. The Kier molecular flexibility index (Phi) is 3.89. The molecule has 0 bridgehead atoms. The summed E-state index contributed by atoms with van der Waals surface area (Å²) in [6.07, 6.45) is 4.82. The first-order valence-electron chi connectivity index (χ1n) is 8.68. The van der Waals surface area contributed by atoms with Crippen LogP contribution < -0.4 is 15.2 Å². The molecule has 124 valence electrons. The van der Waals surface area contributed by atoms with Crippen LogP contribution in [0, 0.1) is 5.92 Å². The second-order valence-corrected chi connectivity index (χ2v) is 6.86. The maximum absolute atomic E-state index is 12.9. The Morgan fingerprint density at radius 1 is 1.13 bits per heavy atom. The number of rotatable bonds is 2. The molecule has 4 rings (SSSR count). The number of carbonyl (C=O) groups excluding carboxylic acids is 1. The Morgan fingerprint density at radius 3 is 2.74 bits per heavy atom. The van der Waals surface area contributed by atoms with Gasteiger partial charge in [-0.05, 0) is 49.8 Å². The Morgan fingerprint density at radius 2 is 1.96 bits per heavy atom. The monoisotopic (exact) mass is 316 g/mol. The Hall–Kier alpha value is -1.75. The first-order valence-corrected chi connectivity index (χ1v) is 8.68. The minimum absolute atomic E-state index is 0.114. The summed E-state index contributed by atoms with van der Waals surface area (Å²) in [5.74, 6) is 2.01. The molecule has 0 unspecified atom stereocenters. The van der Waals surface area contributed by atoms with Gasteiger partial charge in [-0.15, -0.1) is 0 Å². The topological polar surface area (TPSA) is 64.8 Å². The van der Waals surface area contributed by atoms with Crippen molar-refractivity contribution < 1.29 is 14.3 Å². The second kappa shape index (κ2) is 6.04. The molecule has 1 amide bonds. The first-order chi connectivity index (χ1) is 11.2. The molecule has 3 aliphatic rings. The van der Waals surface area contributed by atoms with E-state index in [4.69, 9.17) is 15.2 Å². The highest BCUT2D eigenvalue weighted by molar-refractivity contribution is 5.80. The van der Waals surface area contributed by atoms with Gasteiger partial charge in [0, 0.05) is 18.5 Å². The maximum Gasteiger partial charge on any atom is 0.226 e. The van der Waals surface area contributed by atoms with E-state index in [0.717, 1.165) is 55.7 Å². The fourth-order valence-corrected chi connectivity index (χ4v) is 4.12. The Bertz CT molecular complexity index is 604. The van der Waals surface area contributed by atoms with Gasteiger partial charge >= 0.3 is 0 Å². The molecule has 0 spiro atoms. The van der Waals surface area contributed by atoms with Crippen molar-refractivity contribution in [3.8, 4) is 11.5 Å². The standard InChI is InChI=1S/C18H24N2O3/c19-14-5-3-13(10-14)18(21)20-7-1-2-15(20)12-4-6-16-17(11-12)23-9-8-22-16/h4,6,11,13-15H,1-3,5,7-10,19H2/t13-,14+,15-/m0/s1. The molecule has 5 heteroatoms. The van der Waals surface area contributed by atoms with E-state index >= 15 is 0 Å². The van der Waals surface area contributed by atoms with Gasteiger partial charge in [-0.3, -0.25) is 4.79 Å². The van der Waals surface area contributed by atoms with Gasteiger partial charge in [0.1, 0.15) is 13.2 Å². The average Bonchev–Trinajstić information content (AvgIpc) is 3.23. The minimum Gasteiger partial charge on any atom is -0.486 e. The van der Waals surface area contributed by atoms with Crippen LogP contribution in [0.3, 0.4) is 0 Å². The lowest BCUT2D eigenvalue weighted by atomic mass is 10.0. The lowest BCUT2D eigenvalue weighted by Crippen LogP contribution is -2.35. The molecule has 1 aromatic carbocycles. The summed E-state index contributed by atoms with van der Waals surface area (Å²) >= 11 is 0. The molecule has 1 saturated heterocycles. The van der Waals surface area contributed by atoms with Crippen LogP contribution in [0.1, 0.15) is 43.7 Å². The summed E-state index contributed by atoms with van der Waals surface area (Å²) in [4.78, 5) is 14.9. The minimum atomic E-state index is 0.114. The lowest BCUT2D eigenvalue weighted by molar-refractivity contribution is -0.136. The molecule has 1 saturated carbocycles. The molecule has 23 heavy (non-hydrogen) atoms. The molecule has 3 atom stereocenters. The number of ether oxygens (including phenoxy) is 2. The number of nitrogens with two attached hydrogens (primary N) is 1. The summed E-state index contributed by atoms with van der Waals surface area (Å²) in [5.41, 5.74) is 7.14. The number of carbonyl (C=O) groups is 1. The average molecular weight is 316 g/mol. The molecule has 2 heterocycles. The van der Waals surface area contributed by atoms with Crippen molar-refractivity contribution in [1.82, 2.24) is 4.90 Å². The van der Waals surface area contributed by atoms with Crippen LogP contribution in [-0.4, -0.2) is 36.6 Å². The summed E-state index contributed by atoms with van der Waals surface area (Å²) in [5, 5.41) is 0. The summed E-state index contributed by atoms with van der Waals surface area (Å²) in [6.45, 7) is 2.04. The first kappa shape index (κ1) is 14.8. The van der Waals surface area contributed by atoms with E-state index in [2.05, 4.69) is 11.0 Å². The van der Waals surface area contributed by atoms with Gasteiger partial charge in [-0.1, -0.05) is 6.07 Å². The van der Waals surface area contributed by atoms with Gasteiger partial charge < -0.3 is 20.1 Å².